The van der Waals surface area contributed by atoms with Crippen molar-refractivity contribution in [3.05, 3.63) is 39.5 Å². The first-order valence-corrected chi connectivity index (χ1v) is 5.99. The predicted molar refractivity (Wildman–Crippen MR) is 67.4 cm³/mol. The maximum absolute atomic E-state index is 5.92. The highest BCUT2D eigenvalue weighted by Gasteiger charge is 2.07. The molecule has 1 aromatic carbocycles. The normalized spacial score (nSPS) is 10.7. The summed E-state index contributed by atoms with van der Waals surface area (Å²) in [6, 6.07) is 7.52. The lowest BCUT2D eigenvalue weighted by Crippen LogP contribution is -2.01. The fraction of sp³-hybridized carbons (Fsp3) is 0.182. The van der Waals surface area contributed by atoms with Gasteiger partial charge in [0.05, 0.1) is 5.02 Å². The van der Waals surface area contributed by atoms with Crippen LogP contribution in [0.15, 0.2) is 33.3 Å². The molecule has 0 aliphatic heterocycles. The van der Waals surface area contributed by atoms with E-state index in [1.165, 1.54) is 0 Å². The SMILES string of the molecule is NCCc1cc(-c2ccc(Cl)c(Br)c2)no1. The number of rotatable bonds is 3. The van der Waals surface area contributed by atoms with Crippen molar-refractivity contribution in [2.45, 2.75) is 6.42 Å². The molecule has 0 unspecified atom stereocenters. The van der Waals surface area contributed by atoms with Crippen LogP contribution in [0.5, 0.6) is 0 Å². The Bertz CT molecular complexity index is 498. The van der Waals surface area contributed by atoms with E-state index < -0.39 is 0 Å². The Morgan fingerprint density at radius 1 is 1.38 bits per heavy atom. The molecule has 16 heavy (non-hydrogen) atoms. The molecule has 1 heterocycles. The van der Waals surface area contributed by atoms with E-state index >= 15 is 0 Å². The molecule has 2 rings (SSSR count). The molecule has 0 saturated heterocycles. The second-order valence-corrected chi connectivity index (χ2v) is 4.61. The van der Waals surface area contributed by atoms with Crippen LogP contribution in [0.3, 0.4) is 0 Å². The minimum absolute atomic E-state index is 0.555. The van der Waals surface area contributed by atoms with Gasteiger partial charge in [0.15, 0.2) is 0 Å². The molecule has 0 aliphatic carbocycles. The molecule has 0 saturated carbocycles. The van der Waals surface area contributed by atoms with Crippen LogP contribution in [0.2, 0.25) is 5.02 Å². The molecule has 3 nitrogen and oxygen atoms in total. The van der Waals surface area contributed by atoms with Crippen molar-refractivity contribution in [3.8, 4) is 11.3 Å². The van der Waals surface area contributed by atoms with Crippen molar-refractivity contribution in [2.75, 3.05) is 6.54 Å². The average Bonchev–Trinajstić information content (AvgIpc) is 2.71. The molecule has 0 bridgehead atoms. The molecule has 2 aromatic rings. The number of nitrogens with two attached hydrogens (primary N) is 1. The Hall–Kier alpha value is -0.840. The van der Waals surface area contributed by atoms with Gasteiger partial charge >= 0.3 is 0 Å². The zero-order valence-electron chi connectivity index (χ0n) is 8.41. The summed E-state index contributed by atoms with van der Waals surface area (Å²) in [5, 5.41) is 4.66. The summed E-state index contributed by atoms with van der Waals surface area (Å²) in [5.41, 5.74) is 7.19. The van der Waals surface area contributed by atoms with Gasteiger partial charge in [-0.05, 0) is 34.6 Å². The van der Waals surface area contributed by atoms with Gasteiger partial charge in [-0.3, -0.25) is 0 Å². The van der Waals surface area contributed by atoms with Crippen LogP contribution in [-0.4, -0.2) is 11.7 Å². The molecule has 84 valence electrons. The second-order valence-electron chi connectivity index (χ2n) is 3.35. The largest absolute Gasteiger partial charge is 0.361 e. The molecular weight excluding hydrogens is 291 g/mol. The van der Waals surface area contributed by atoms with E-state index in [-0.39, 0.29) is 0 Å². The molecule has 0 fully saturated rings. The van der Waals surface area contributed by atoms with E-state index in [1.54, 1.807) is 0 Å². The van der Waals surface area contributed by atoms with Crippen LogP contribution < -0.4 is 5.73 Å². The number of aromatic nitrogens is 1. The molecule has 2 N–H and O–H groups in total. The summed E-state index contributed by atoms with van der Waals surface area (Å²) in [7, 11) is 0. The topological polar surface area (TPSA) is 52.0 Å². The van der Waals surface area contributed by atoms with E-state index in [9.17, 15) is 0 Å². The fourth-order valence-corrected chi connectivity index (χ4v) is 1.86. The number of hydrogen-bond acceptors (Lipinski definition) is 3. The first-order chi connectivity index (χ1) is 7.70. The Morgan fingerprint density at radius 3 is 2.88 bits per heavy atom. The van der Waals surface area contributed by atoms with Crippen LogP contribution in [-0.2, 0) is 6.42 Å². The zero-order valence-corrected chi connectivity index (χ0v) is 10.8. The average molecular weight is 302 g/mol. The standard InChI is InChI=1S/C11H10BrClN2O/c12-9-5-7(1-2-10(9)13)11-6-8(3-4-14)16-15-11/h1-2,5-6H,3-4,14H2. The molecule has 0 spiro atoms. The highest BCUT2D eigenvalue weighted by atomic mass is 79.9. The van der Waals surface area contributed by atoms with Crippen LogP contribution >= 0.6 is 27.5 Å². The number of benzene rings is 1. The van der Waals surface area contributed by atoms with E-state index in [2.05, 4.69) is 21.1 Å². The predicted octanol–water partition coefficient (Wildman–Crippen LogP) is 3.26. The molecule has 5 heteroatoms. The van der Waals surface area contributed by atoms with Gasteiger partial charge in [-0.1, -0.05) is 22.8 Å². The summed E-state index contributed by atoms with van der Waals surface area (Å²) in [4.78, 5) is 0. The fourth-order valence-electron chi connectivity index (χ4n) is 1.36. The summed E-state index contributed by atoms with van der Waals surface area (Å²) in [5.74, 6) is 0.795. The molecular formula is C11H10BrClN2O. The van der Waals surface area contributed by atoms with E-state index in [0.717, 1.165) is 21.5 Å². The summed E-state index contributed by atoms with van der Waals surface area (Å²) in [6.07, 6.45) is 0.696. The lowest BCUT2D eigenvalue weighted by atomic mass is 10.1. The van der Waals surface area contributed by atoms with Gasteiger partial charge in [-0.15, -0.1) is 0 Å². The van der Waals surface area contributed by atoms with E-state index in [4.69, 9.17) is 21.9 Å². The summed E-state index contributed by atoms with van der Waals surface area (Å²) >= 11 is 9.29. The lowest BCUT2D eigenvalue weighted by Gasteiger charge is -1.98. The minimum atomic E-state index is 0.555. The number of nitrogens with zero attached hydrogens (tertiary/aromatic N) is 1. The van der Waals surface area contributed by atoms with Crippen LogP contribution in [0, 0.1) is 0 Å². The third-order valence-electron chi connectivity index (χ3n) is 2.17. The summed E-state index contributed by atoms with van der Waals surface area (Å²) in [6.45, 7) is 0.555. The van der Waals surface area contributed by atoms with Gasteiger partial charge in [-0.25, -0.2) is 0 Å². The molecule has 1 aromatic heterocycles. The van der Waals surface area contributed by atoms with Crippen molar-refractivity contribution in [1.82, 2.24) is 5.16 Å². The Kier molecular flexibility index (Phi) is 3.63. The van der Waals surface area contributed by atoms with E-state index in [1.807, 2.05) is 24.3 Å². The monoisotopic (exact) mass is 300 g/mol. The van der Waals surface area contributed by atoms with Crippen molar-refractivity contribution >= 4 is 27.5 Å². The maximum Gasteiger partial charge on any atom is 0.138 e. The maximum atomic E-state index is 5.92. The van der Waals surface area contributed by atoms with Crippen molar-refractivity contribution in [3.63, 3.8) is 0 Å². The molecule has 0 aliphatic rings. The quantitative estimate of drug-likeness (QED) is 0.946. The van der Waals surface area contributed by atoms with Crippen molar-refractivity contribution in [1.29, 1.82) is 0 Å². The van der Waals surface area contributed by atoms with Gasteiger partial charge < -0.3 is 10.3 Å². The third kappa shape index (κ3) is 2.45. The Labute approximate surface area is 107 Å². The second kappa shape index (κ2) is 4.99. The smallest absolute Gasteiger partial charge is 0.138 e. The first-order valence-electron chi connectivity index (χ1n) is 4.82. The molecule has 0 amide bonds. The first kappa shape index (κ1) is 11.6. The van der Waals surface area contributed by atoms with Crippen LogP contribution in [0.1, 0.15) is 5.76 Å². The summed E-state index contributed by atoms with van der Waals surface area (Å²) < 4.78 is 5.99. The Morgan fingerprint density at radius 2 is 2.19 bits per heavy atom. The van der Waals surface area contributed by atoms with Gasteiger partial charge in [-0.2, -0.15) is 0 Å². The molecule has 0 radical (unpaired) electrons. The highest BCUT2D eigenvalue weighted by Crippen LogP contribution is 2.28. The van der Waals surface area contributed by atoms with Gasteiger partial charge in [0.2, 0.25) is 0 Å². The minimum Gasteiger partial charge on any atom is -0.361 e. The van der Waals surface area contributed by atoms with Gasteiger partial charge in [0.25, 0.3) is 0 Å². The van der Waals surface area contributed by atoms with E-state index in [0.29, 0.717) is 18.0 Å². The Balaban J connectivity index is 2.31. The molecule has 0 atom stereocenters. The zero-order chi connectivity index (χ0) is 11.5. The van der Waals surface area contributed by atoms with Crippen molar-refractivity contribution < 1.29 is 4.52 Å². The number of hydrogen-bond donors (Lipinski definition) is 1. The van der Waals surface area contributed by atoms with Crippen LogP contribution in [0.4, 0.5) is 0 Å². The van der Waals surface area contributed by atoms with Crippen molar-refractivity contribution in [2.24, 2.45) is 5.73 Å². The lowest BCUT2D eigenvalue weighted by molar-refractivity contribution is 0.386. The van der Waals surface area contributed by atoms with Gasteiger partial charge in [0, 0.05) is 22.5 Å². The highest BCUT2D eigenvalue weighted by molar-refractivity contribution is 9.10. The number of halogens is 2. The third-order valence-corrected chi connectivity index (χ3v) is 3.38. The van der Waals surface area contributed by atoms with Crippen LogP contribution in [0.25, 0.3) is 11.3 Å². The van der Waals surface area contributed by atoms with Gasteiger partial charge in [0.1, 0.15) is 11.5 Å².